The van der Waals surface area contributed by atoms with Crippen molar-refractivity contribution in [1.82, 2.24) is 0 Å². The summed E-state index contributed by atoms with van der Waals surface area (Å²) < 4.78 is 1.24. The zero-order valence-electron chi connectivity index (χ0n) is 13.1. The number of hydrogen-bond acceptors (Lipinski definition) is 0. The molecule has 3 aliphatic carbocycles. The number of rotatable bonds is 0. The van der Waals surface area contributed by atoms with Gasteiger partial charge in [-0.2, -0.15) is 0 Å². The molecule has 0 saturated heterocycles. The van der Waals surface area contributed by atoms with E-state index in [1.807, 2.05) is 0 Å². The summed E-state index contributed by atoms with van der Waals surface area (Å²) in [5.74, 6) is 0. The monoisotopic (exact) mass is 352 g/mol. The standard InChI is InChI=1S/C21H21Br/c1-14-4-6-16-17-7-5-15(22)13-19(17)21-10-2-8-20(21,9-3-11-21)18(16)12-14/h4-7,12-13H,2-3,8-11H2,1H3/t20-,21+. The van der Waals surface area contributed by atoms with E-state index < -0.39 is 0 Å². The van der Waals surface area contributed by atoms with Gasteiger partial charge in [-0.1, -0.05) is 58.6 Å². The number of hydrogen-bond donors (Lipinski definition) is 0. The highest BCUT2D eigenvalue weighted by atomic mass is 79.9. The SMILES string of the molecule is Cc1ccc2c(c1)[C@]13CCC[C@]1(CCC3)c1cc(Br)ccc1-2. The van der Waals surface area contributed by atoms with Crippen LogP contribution in [-0.2, 0) is 10.8 Å². The topological polar surface area (TPSA) is 0 Å². The predicted molar refractivity (Wildman–Crippen MR) is 95.4 cm³/mol. The molecular weight excluding hydrogens is 332 g/mol. The van der Waals surface area contributed by atoms with E-state index in [1.54, 1.807) is 11.1 Å². The second-order valence-electron chi connectivity index (χ2n) is 7.61. The first kappa shape index (κ1) is 13.4. The van der Waals surface area contributed by atoms with E-state index in [4.69, 9.17) is 0 Å². The first-order valence-electron chi connectivity index (χ1n) is 8.58. The Morgan fingerprint density at radius 2 is 1.32 bits per heavy atom. The van der Waals surface area contributed by atoms with Gasteiger partial charge in [0.2, 0.25) is 0 Å². The Hall–Kier alpha value is -1.08. The Morgan fingerprint density at radius 1 is 0.773 bits per heavy atom. The summed E-state index contributed by atoms with van der Waals surface area (Å²) in [6.45, 7) is 2.25. The van der Waals surface area contributed by atoms with Gasteiger partial charge in [-0.15, -0.1) is 0 Å². The van der Waals surface area contributed by atoms with E-state index in [0.29, 0.717) is 10.8 Å². The lowest BCUT2D eigenvalue weighted by atomic mass is 9.55. The van der Waals surface area contributed by atoms with Gasteiger partial charge in [-0.3, -0.25) is 0 Å². The fraction of sp³-hybridized carbons (Fsp3) is 0.429. The molecule has 22 heavy (non-hydrogen) atoms. The molecule has 1 heteroatoms. The van der Waals surface area contributed by atoms with Gasteiger partial charge in [0.05, 0.1) is 0 Å². The van der Waals surface area contributed by atoms with Crippen LogP contribution in [0.25, 0.3) is 11.1 Å². The molecule has 3 aliphatic rings. The third-order valence-corrected chi connectivity index (χ3v) is 7.30. The molecule has 0 amide bonds. The van der Waals surface area contributed by atoms with Gasteiger partial charge in [0, 0.05) is 15.3 Å². The molecule has 0 bridgehead atoms. The van der Waals surface area contributed by atoms with Crippen LogP contribution >= 0.6 is 15.9 Å². The fourth-order valence-electron chi connectivity index (χ4n) is 6.08. The van der Waals surface area contributed by atoms with E-state index in [9.17, 15) is 0 Å². The minimum atomic E-state index is 0.410. The minimum Gasteiger partial charge on any atom is -0.0587 e. The molecule has 2 saturated carbocycles. The zero-order chi connectivity index (χ0) is 14.9. The van der Waals surface area contributed by atoms with Crippen LogP contribution in [-0.4, -0.2) is 0 Å². The largest absolute Gasteiger partial charge is 0.0587 e. The molecule has 0 heterocycles. The second-order valence-corrected chi connectivity index (χ2v) is 8.53. The molecule has 5 rings (SSSR count). The van der Waals surface area contributed by atoms with Crippen molar-refractivity contribution < 1.29 is 0 Å². The molecule has 0 radical (unpaired) electrons. The Labute approximate surface area is 141 Å². The van der Waals surface area contributed by atoms with Gasteiger partial charge >= 0.3 is 0 Å². The number of halogens is 1. The lowest BCUT2D eigenvalue weighted by Gasteiger charge is -2.48. The lowest BCUT2D eigenvalue weighted by Crippen LogP contribution is -2.43. The summed E-state index contributed by atoms with van der Waals surface area (Å²) in [5, 5.41) is 0. The zero-order valence-corrected chi connectivity index (χ0v) is 14.7. The predicted octanol–water partition coefficient (Wildman–Crippen LogP) is 6.28. The van der Waals surface area contributed by atoms with Crippen molar-refractivity contribution >= 4 is 15.9 Å². The summed E-state index contributed by atoms with van der Waals surface area (Å²) in [6.07, 6.45) is 8.30. The van der Waals surface area contributed by atoms with Gasteiger partial charge in [0.1, 0.15) is 0 Å². The number of fused-ring (bicyclic) bond motifs is 3. The van der Waals surface area contributed by atoms with Gasteiger partial charge in [-0.05, 0) is 67.0 Å². The molecule has 0 nitrogen and oxygen atoms in total. The van der Waals surface area contributed by atoms with Gasteiger partial charge in [0.25, 0.3) is 0 Å². The first-order chi connectivity index (χ1) is 10.7. The van der Waals surface area contributed by atoms with E-state index in [2.05, 4.69) is 59.3 Å². The van der Waals surface area contributed by atoms with E-state index in [-0.39, 0.29) is 0 Å². The lowest BCUT2D eigenvalue weighted by molar-refractivity contribution is 0.299. The quantitative estimate of drug-likeness (QED) is 0.523. The number of benzene rings is 2. The highest BCUT2D eigenvalue weighted by molar-refractivity contribution is 9.10. The van der Waals surface area contributed by atoms with Crippen LogP contribution in [0.4, 0.5) is 0 Å². The maximum atomic E-state index is 3.73. The van der Waals surface area contributed by atoms with Crippen LogP contribution in [0.5, 0.6) is 0 Å². The van der Waals surface area contributed by atoms with Crippen molar-refractivity contribution in [2.45, 2.75) is 56.3 Å². The van der Waals surface area contributed by atoms with Crippen molar-refractivity contribution in [1.29, 1.82) is 0 Å². The molecule has 0 N–H and O–H groups in total. The minimum absolute atomic E-state index is 0.410. The molecule has 0 unspecified atom stereocenters. The molecule has 2 fully saturated rings. The second kappa shape index (κ2) is 4.26. The molecule has 0 spiro atoms. The van der Waals surface area contributed by atoms with Crippen LogP contribution < -0.4 is 0 Å². The summed E-state index contributed by atoms with van der Waals surface area (Å²) in [4.78, 5) is 0. The third kappa shape index (κ3) is 1.40. The molecule has 2 aromatic carbocycles. The Kier molecular flexibility index (Phi) is 2.59. The molecule has 112 valence electrons. The summed E-state index contributed by atoms with van der Waals surface area (Å²) in [7, 11) is 0. The average molecular weight is 353 g/mol. The molecule has 2 aromatic rings. The number of aryl methyl sites for hydroxylation is 1. The van der Waals surface area contributed by atoms with Crippen LogP contribution in [0.3, 0.4) is 0 Å². The van der Waals surface area contributed by atoms with Crippen molar-refractivity contribution in [3.8, 4) is 11.1 Å². The van der Waals surface area contributed by atoms with Crippen molar-refractivity contribution in [2.24, 2.45) is 0 Å². The van der Waals surface area contributed by atoms with E-state index >= 15 is 0 Å². The van der Waals surface area contributed by atoms with Crippen LogP contribution in [0.1, 0.15) is 55.2 Å². The summed E-state index contributed by atoms with van der Waals surface area (Å²) in [6, 6.07) is 14.2. The molecule has 0 aromatic heterocycles. The van der Waals surface area contributed by atoms with E-state index in [0.717, 1.165) is 0 Å². The summed E-state index contributed by atoms with van der Waals surface area (Å²) >= 11 is 3.73. The normalized spacial score (nSPS) is 31.4. The average Bonchev–Trinajstić information content (AvgIpc) is 3.04. The Bertz CT molecular complexity index is 711. The van der Waals surface area contributed by atoms with Gasteiger partial charge in [-0.25, -0.2) is 0 Å². The summed E-state index contributed by atoms with van der Waals surface area (Å²) in [5.41, 5.74) is 8.55. The van der Waals surface area contributed by atoms with Gasteiger partial charge < -0.3 is 0 Å². The Morgan fingerprint density at radius 3 is 1.95 bits per heavy atom. The maximum absolute atomic E-state index is 3.73. The van der Waals surface area contributed by atoms with Gasteiger partial charge in [0.15, 0.2) is 0 Å². The van der Waals surface area contributed by atoms with Crippen molar-refractivity contribution in [3.05, 3.63) is 57.6 Å². The van der Waals surface area contributed by atoms with Crippen LogP contribution in [0.2, 0.25) is 0 Å². The molecule has 0 atom stereocenters. The van der Waals surface area contributed by atoms with E-state index in [1.165, 1.54) is 59.7 Å². The first-order valence-corrected chi connectivity index (χ1v) is 9.37. The van der Waals surface area contributed by atoms with Crippen molar-refractivity contribution in [3.63, 3.8) is 0 Å². The smallest absolute Gasteiger partial charge is 0.0178 e. The Balaban J connectivity index is 1.93. The highest BCUT2D eigenvalue weighted by Gasteiger charge is 2.62. The van der Waals surface area contributed by atoms with Crippen LogP contribution in [0.15, 0.2) is 40.9 Å². The van der Waals surface area contributed by atoms with Crippen LogP contribution in [0, 0.1) is 6.92 Å². The maximum Gasteiger partial charge on any atom is 0.0178 e. The fourth-order valence-corrected chi connectivity index (χ4v) is 6.44. The molecule has 0 aliphatic heterocycles. The van der Waals surface area contributed by atoms with Crippen molar-refractivity contribution in [2.75, 3.05) is 0 Å². The highest BCUT2D eigenvalue weighted by Crippen LogP contribution is 2.69. The third-order valence-electron chi connectivity index (χ3n) is 6.81. The molecular formula is C21H21Br.